The van der Waals surface area contributed by atoms with E-state index < -0.39 is 0 Å². The molecule has 0 radical (unpaired) electrons. The van der Waals surface area contributed by atoms with Crippen LogP contribution in [0.4, 0.5) is 0 Å². The Morgan fingerprint density at radius 1 is 1.13 bits per heavy atom. The van der Waals surface area contributed by atoms with Gasteiger partial charge in [-0.3, -0.25) is 9.36 Å². The molecule has 1 aliphatic heterocycles. The molecule has 0 spiro atoms. The van der Waals surface area contributed by atoms with Crippen LogP contribution >= 0.6 is 0 Å². The lowest BCUT2D eigenvalue weighted by Gasteiger charge is -2.28. The second-order valence-corrected chi connectivity index (χ2v) is 9.08. The molecule has 2 aromatic carbocycles. The van der Waals surface area contributed by atoms with Crippen molar-refractivity contribution in [1.29, 1.82) is 0 Å². The van der Waals surface area contributed by atoms with Crippen LogP contribution in [-0.4, -0.2) is 41.2 Å². The van der Waals surface area contributed by atoms with Crippen LogP contribution in [0.1, 0.15) is 34.6 Å². The third-order valence-electron chi connectivity index (χ3n) is 7.14. The lowest BCUT2D eigenvalue weighted by molar-refractivity contribution is 0.303. The van der Waals surface area contributed by atoms with E-state index in [9.17, 15) is 9.59 Å². The topological polar surface area (TPSA) is 67.3 Å². The van der Waals surface area contributed by atoms with Gasteiger partial charge in [0.15, 0.2) is 0 Å². The van der Waals surface area contributed by atoms with Crippen LogP contribution in [0.5, 0.6) is 5.75 Å². The normalized spacial score (nSPS) is 20.6. The third kappa shape index (κ3) is 3.39. The summed E-state index contributed by atoms with van der Waals surface area (Å²) in [4.78, 5) is 31.0. The molecule has 31 heavy (non-hydrogen) atoms. The molecule has 0 amide bonds. The summed E-state index contributed by atoms with van der Waals surface area (Å²) < 4.78 is 6.94. The quantitative estimate of drug-likeness (QED) is 0.706. The number of hydrogen-bond acceptors (Lipinski definition) is 4. The fraction of sp³-hybridized carbons (Fsp3) is 0.440. The van der Waals surface area contributed by atoms with Crippen LogP contribution in [0.2, 0.25) is 0 Å². The number of aromatic nitrogens is 2. The largest absolute Gasteiger partial charge is 0.496 e. The predicted molar refractivity (Wildman–Crippen MR) is 122 cm³/mol. The van der Waals surface area contributed by atoms with Crippen molar-refractivity contribution in [3.63, 3.8) is 0 Å². The number of hydrogen-bond donors (Lipinski definition) is 1. The van der Waals surface area contributed by atoms with Gasteiger partial charge in [0, 0.05) is 32.1 Å². The molecular formula is C25H29N3O3. The summed E-state index contributed by atoms with van der Waals surface area (Å²) in [7, 11) is 1.74. The summed E-state index contributed by atoms with van der Waals surface area (Å²) in [6.07, 6.45) is 2.21. The average Bonchev–Trinajstić information content (AvgIpc) is 3.17. The zero-order chi connectivity index (χ0) is 21.7. The first-order valence-electron chi connectivity index (χ1n) is 11.1. The van der Waals surface area contributed by atoms with Crippen LogP contribution in [0.15, 0.2) is 39.9 Å². The molecule has 2 unspecified atom stereocenters. The first-order chi connectivity index (χ1) is 15.0. The van der Waals surface area contributed by atoms with E-state index in [1.54, 1.807) is 7.11 Å². The molecule has 2 atom stereocenters. The highest BCUT2D eigenvalue weighted by atomic mass is 16.5. The third-order valence-corrected chi connectivity index (χ3v) is 7.14. The highest BCUT2D eigenvalue weighted by Gasteiger charge is 2.38. The molecule has 1 N–H and O–H groups in total. The molecule has 5 rings (SSSR count). The standard InChI is InChI=1S/C25H29N3O3/c1-15-11-16(2)23-20(12-15)24(29)28(25(30)26-23)10-9-27-13-17-7-8-19-18(21(17)14-27)5-4-6-22(19)31-3/h4-6,11-12,17,21H,7-10,13-14H2,1-3H3,(H,26,30). The Bertz CT molecular complexity index is 1270. The molecule has 6 heteroatoms. The second-order valence-electron chi connectivity index (χ2n) is 9.08. The average molecular weight is 420 g/mol. The maximum absolute atomic E-state index is 13.1. The Balaban J connectivity index is 1.38. The van der Waals surface area contributed by atoms with Gasteiger partial charge in [0.1, 0.15) is 5.75 Å². The monoisotopic (exact) mass is 419 g/mol. The van der Waals surface area contributed by atoms with E-state index in [-0.39, 0.29) is 11.2 Å². The van der Waals surface area contributed by atoms with Crippen LogP contribution in [-0.2, 0) is 13.0 Å². The van der Waals surface area contributed by atoms with Gasteiger partial charge in [-0.1, -0.05) is 18.2 Å². The van der Waals surface area contributed by atoms with E-state index in [0.29, 0.717) is 35.8 Å². The van der Waals surface area contributed by atoms with Gasteiger partial charge in [0.25, 0.3) is 5.56 Å². The molecule has 0 saturated carbocycles. The van der Waals surface area contributed by atoms with Crippen LogP contribution < -0.4 is 16.0 Å². The zero-order valence-electron chi connectivity index (χ0n) is 18.4. The molecule has 1 aliphatic carbocycles. The summed E-state index contributed by atoms with van der Waals surface area (Å²) in [5, 5.41) is 0.591. The van der Waals surface area contributed by atoms with Crippen molar-refractivity contribution in [1.82, 2.24) is 14.5 Å². The van der Waals surface area contributed by atoms with Crippen molar-refractivity contribution in [3.8, 4) is 5.75 Å². The van der Waals surface area contributed by atoms with Gasteiger partial charge in [-0.05, 0) is 67.0 Å². The second kappa shape index (κ2) is 7.68. The molecule has 3 aromatic rings. The number of benzene rings is 2. The number of fused-ring (bicyclic) bond motifs is 4. The molecule has 1 fully saturated rings. The van der Waals surface area contributed by atoms with Gasteiger partial charge >= 0.3 is 5.69 Å². The number of nitrogens with one attached hydrogen (secondary N) is 1. The molecule has 6 nitrogen and oxygen atoms in total. The summed E-state index contributed by atoms with van der Waals surface area (Å²) >= 11 is 0. The number of H-pyrrole nitrogens is 1. The molecule has 0 bridgehead atoms. The van der Waals surface area contributed by atoms with Crippen LogP contribution in [0.3, 0.4) is 0 Å². The summed E-state index contributed by atoms with van der Waals surface area (Å²) in [5.41, 5.74) is 4.83. The van der Waals surface area contributed by atoms with Crippen molar-refractivity contribution >= 4 is 10.9 Å². The predicted octanol–water partition coefficient (Wildman–Crippen LogP) is 2.98. The Morgan fingerprint density at radius 2 is 1.97 bits per heavy atom. The fourth-order valence-electron chi connectivity index (χ4n) is 5.67. The Morgan fingerprint density at radius 3 is 2.77 bits per heavy atom. The Hall–Kier alpha value is -2.86. The maximum atomic E-state index is 13.1. The number of ether oxygens (including phenoxy) is 1. The van der Waals surface area contributed by atoms with Gasteiger partial charge < -0.3 is 14.6 Å². The number of likely N-dealkylation sites (tertiary alicyclic amines) is 1. The smallest absolute Gasteiger partial charge is 0.328 e. The molecule has 1 aromatic heterocycles. The van der Waals surface area contributed by atoms with Crippen molar-refractivity contribution < 1.29 is 4.74 Å². The van der Waals surface area contributed by atoms with Gasteiger partial charge in [0.05, 0.1) is 18.0 Å². The SMILES string of the molecule is COc1cccc2c1CCC1CN(CCn3c(=O)[nH]c4c(C)cc(C)cc4c3=O)CC21. The number of aryl methyl sites for hydroxylation is 2. The van der Waals surface area contributed by atoms with E-state index in [1.165, 1.54) is 15.7 Å². The molecule has 2 heterocycles. The highest BCUT2D eigenvalue weighted by molar-refractivity contribution is 5.81. The minimum Gasteiger partial charge on any atom is -0.496 e. The van der Waals surface area contributed by atoms with E-state index in [4.69, 9.17) is 4.74 Å². The Kier molecular flexibility index (Phi) is 4.97. The number of aromatic amines is 1. The van der Waals surface area contributed by atoms with Gasteiger partial charge in [-0.15, -0.1) is 0 Å². The Labute approximate surface area is 181 Å². The highest BCUT2D eigenvalue weighted by Crippen LogP contribution is 2.43. The molecule has 2 aliphatic rings. The van der Waals surface area contributed by atoms with Gasteiger partial charge in [-0.25, -0.2) is 4.79 Å². The van der Waals surface area contributed by atoms with Gasteiger partial charge in [0.2, 0.25) is 0 Å². The van der Waals surface area contributed by atoms with Gasteiger partial charge in [-0.2, -0.15) is 0 Å². The van der Waals surface area contributed by atoms with Crippen LogP contribution in [0.25, 0.3) is 10.9 Å². The van der Waals surface area contributed by atoms with E-state index >= 15 is 0 Å². The molecule has 162 valence electrons. The summed E-state index contributed by atoms with van der Waals surface area (Å²) in [6.45, 7) is 6.98. The first-order valence-corrected chi connectivity index (χ1v) is 11.1. The summed E-state index contributed by atoms with van der Waals surface area (Å²) in [5.74, 6) is 2.11. The molecular weight excluding hydrogens is 390 g/mol. The number of nitrogens with zero attached hydrogens (tertiary/aromatic N) is 2. The van der Waals surface area contributed by atoms with Crippen molar-refractivity contribution in [2.45, 2.75) is 39.2 Å². The number of methoxy groups -OCH3 is 1. The van der Waals surface area contributed by atoms with E-state index in [0.717, 1.165) is 42.8 Å². The lowest BCUT2D eigenvalue weighted by atomic mass is 9.77. The number of rotatable bonds is 4. The van der Waals surface area contributed by atoms with Crippen molar-refractivity contribution in [2.24, 2.45) is 5.92 Å². The van der Waals surface area contributed by atoms with Crippen molar-refractivity contribution in [3.05, 3.63) is 73.4 Å². The minimum atomic E-state index is -0.323. The van der Waals surface area contributed by atoms with Crippen LogP contribution in [0, 0.1) is 19.8 Å². The van der Waals surface area contributed by atoms with Crippen molar-refractivity contribution in [2.75, 3.05) is 26.7 Å². The van der Waals surface area contributed by atoms with E-state index in [2.05, 4.69) is 22.0 Å². The maximum Gasteiger partial charge on any atom is 0.328 e. The first kappa shape index (κ1) is 20.1. The zero-order valence-corrected chi connectivity index (χ0v) is 18.4. The minimum absolute atomic E-state index is 0.197. The fourth-order valence-corrected chi connectivity index (χ4v) is 5.67. The lowest BCUT2D eigenvalue weighted by Crippen LogP contribution is -2.39. The van der Waals surface area contributed by atoms with E-state index in [1.807, 2.05) is 32.0 Å². The molecule has 1 saturated heterocycles. The summed E-state index contributed by atoms with van der Waals surface area (Å²) in [6, 6.07) is 10.2.